The highest BCUT2D eigenvalue weighted by atomic mass is 16.3. The van der Waals surface area contributed by atoms with E-state index in [9.17, 15) is 9.90 Å². The molecule has 0 aromatic carbocycles. The molecule has 0 bridgehead atoms. The minimum atomic E-state index is -0.226. The zero-order chi connectivity index (χ0) is 7.28. The molecule has 53 valence electrons. The molecule has 1 unspecified atom stereocenters. The number of nitrogens with one attached hydrogen (secondary N) is 1. The van der Waals surface area contributed by atoms with Crippen molar-refractivity contribution in [3.8, 4) is 0 Å². The first-order chi connectivity index (χ1) is 4.20. The van der Waals surface area contributed by atoms with Gasteiger partial charge in [0.05, 0.1) is 6.04 Å². The van der Waals surface area contributed by atoms with Gasteiger partial charge in [-0.2, -0.15) is 0 Å². The van der Waals surface area contributed by atoms with Gasteiger partial charge in [0.2, 0.25) is 5.91 Å². The van der Waals surface area contributed by atoms with Crippen LogP contribution in [0.1, 0.15) is 20.3 Å². The van der Waals surface area contributed by atoms with Gasteiger partial charge in [-0.15, -0.1) is 0 Å². The van der Waals surface area contributed by atoms with Crippen LogP contribution < -0.4 is 5.32 Å². The highest BCUT2D eigenvalue weighted by Crippen LogP contribution is 1.87. The summed E-state index contributed by atoms with van der Waals surface area (Å²) in [5.41, 5.74) is 0. The first kappa shape index (κ1) is 8.43. The maximum absolute atomic E-state index is 10.3. The van der Waals surface area contributed by atoms with Gasteiger partial charge in [0.15, 0.2) is 0 Å². The summed E-state index contributed by atoms with van der Waals surface area (Å²) in [5, 5.41) is 12.7. The Morgan fingerprint density at radius 3 is 2.33 bits per heavy atom. The molecule has 0 aliphatic carbocycles. The number of rotatable bonds is 3. The van der Waals surface area contributed by atoms with Crippen molar-refractivity contribution in [2.45, 2.75) is 26.3 Å². The Labute approximate surface area is 55.1 Å². The molecule has 1 radical (unpaired) electrons. The predicted molar refractivity (Wildman–Crippen MR) is 33.4 cm³/mol. The lowest BCUT2D eigenvalue weighted by atomic mass is 10.2. The smallest absolute Gasteiger partial charge is 0.217 e. The molecule has 0 aromatic rings. The van der Waals surface area contributed by atoms with Crippen LogP contribution in [0.5, 0.6) is 0 Å². The average molecular weight is 130 g/mol. The van der Waals surface area contributed by atoms with Crippen molar-refractivity contribution in [1.29, 1.82) is 0 Å². The highest BCUT2D eigenvalue weighted by Gasteiger charge is 2.04. The SMILES string of the molecule is CCC(C[O])NC(C)=O. The van der Waals surface area contributed by atoms with Gasteiger partial charge >= 0.3 is 0 Å². The van der Waals surface area contributed by atoms with Crippen LogP contribution in [0, 0.1) is 0 Å². The van der Waals surface area contributed by atoms with Gasteiger partial charge in [-0.25, -0.2) is 5.11 Å². The summed E-state index contributed by atoms with van der Waals surface area (Å²) in [6, 6.07) is -0.178. The van der Waals surface area contributed by atoms with Crippen LogP contribution in [-0.4, -0.2) is 18.6 Å². The summed E-state index contributed by atoms with van der Waals surface area (Å²) in [6.45, 7) is 3.06. The number of carbonyl (C=O) groups excluding carboxylic acids is 1. The Morgan fingerprint density at radius 2 is 2.22 bits per heavy atom. The normalized spacial score (nSPS) is 12.8. The molecule has 0 saturated heterocycles. The fraction of sp³-hybridized carbons (Fsp3) is 0.833. The molecule has 9 heavy (non-hydrogen) atoms. The zero-order valence-electron chi connectivity index (χ0n) is 5.81. The maximum Gasteiger partial charge on any atom is 0.217 e. The van der Waals surface area contributed by atoms with Crippen LogP contribution in [0.25, 0.3) is 0 Å². The van der Waals surface area contributed by atoms with Crippen molar-refractivity contribution in [1.82, 2.24) is 5.32 Å². The average Bonchev–Trinajstić information content (AvgIpc) is 1.82. The van der Waals surface area contributed by atoms with Crippen molar-refractivity contribution in [3.05, 3.63) is 0 Å². The standard InChI is InChI=1S/C6H12NO2/c1-3-6(4-8)7-5(2)9/h6H,3-4H2,1-2H3,(H,7,9). The fourth-order valence-electron chi connectivity index (χ4n) is 0.549. The van der Waals surface area contributed by atoms with Crippen LogP contribution in [0.2, 0.25) is 0 Å². The third-order valence-corrected chi connectivity index (χ3v) is 1.10. The van der Waals surface area contributed by atoms with E-state index in [4.69, 9.17) is 0 Å². The molecular formula is C6H12NO2. The molecule has 1 amide bonds. The minimum absolute atomic E-state index is 0.127. The molecule has 0 aliphatic heterocycles. The highest BCUT2D eigenvalue weighted by molar-refractivity contribution is 5.73. The van der Waals surface area contributed by atoms with Gasteiger partial charge in [0.25, 0.3) is 0 Å². The van der Waals surface area contributed by atoms with Crippen molar-refractivity contribution >= 4 is 5.91 Å². The monoisotopic (exact) mass is 130 g/mol. The predicted octanol–water partition coefficient (Wildman–Crippen LogP) is 0.332. The van der Waals surface area contributed by atoms with E-state index < -0.39 is 0 Å². The van der Waals surface area contributed by atoms with Gasteiger partial charge in [-0.05, 0) is 6.42 Å². The van der Waals surface area contributed by atoms with E-state index in [1.54, 1.807) is 0 Å². The van der Waals surface area contributed by atoms with E-state index in [0.717, 1.165) is 0 Å². The quantitative estimate of drug-likeness (QED) is 0.588. The largest absolute Gasteiger partial charge is 0.351 e. The molecule has 0 rings (SSSR count). The van der Waals surface area contributed by atoms with Gasteiger partial charge in [-0.1, -0.05) is 6.92 Å². The van der Waals surface area contributed by atoms with Crippen LogP contribution in [-0.2, 0) is 9.90 Å². The topological polar surface area (TPSA) is 49.0 Å². The van der Waals surface area contributed by atoms with E-state index >= 15 is 0 Å². The molecular weight excluding hydrogens is 118 g/mol. The first-order valence-electron chi connectivity index (χ1n) is 3.06. The Morgan fingerprint density at radius 1 is 1.67 bits per heavy atom. The summed E-state index contributed by atoms with van der Waals surface area (Å²) >= 11 is 0. The van der Waals surface area contributed by atoms with E-state index in [1.165, 1.54) is 6.92 Å². The van der Waals surface area contributed by atoms with E-state index in [0.29, 0.717) is 6.42 Å². The zero-order valence-corrected chi connectivity index (χ0v) is 5.81. The van der Waals surface area contributed by atoms with E-state index in [-0.39, 0.29) is 18.6 Å². The molecule has 3 heteroatoms. The Bertz CT molecular complexity index is 89.1. The van der Waals surface area contributed by atoms with Gasteiger partial charge in [0, 0.05) is 6.92 Å². The first-order valence-corrected chi connectivity index (χ1v) is 3.06. The van der Waals surface area contributed by atoms with Crippen LogP contribution in [0.15, 0.2) is 0 Å². The number of hydrogen-bond donors (Lipinski definition) is 1. The van der Waals surface area contributed by atoms with Gasteiger partial charge in [-0.3, -0.25) is 4.79 Å². The lowest BCUT2D eigenvalue weighted by molar-refractivity contribution is -0.120. The summed E-state index contributed by atoms with van der Waals surface area (Å²) in [4.78, 5) is 10.3. The van der Waals surface area contributed by atoms with Gasteiger partial charge in [0.1, 0.15) is 6.61 Å². The molecule has 1 N–H and O–H groups in total. The molecule has 0 saturated carbocycles. The molecule has 0 aromatic heterocycles. The van der Waals surface area contributed by atoms with Crippen LogP contribution >= 0.6 is 0 Å². The van der Waals surface area contributed by atoms with E-state index in [2.05, 4.69) is 5.32 Å². The van der Waals surface area contributed by atoms with Crippen LogP contribution in [0.3, 0.4) is 0 Å². The summed E-state index contributed by atoms with van der Waals surface area (Å²) < 4.78 is 0. The van der Waals surface area contributed by atoms with Crippen molar-refractivity contribution < 1.29 is 9.90 Å². The summed E-state index contributed by atoms with van der Waals surface area (Å²) in [5.74, 6) is -0.127. The summed E-state index contributed by atoms with van der Waals surface area (Å²) in [6.07, 6.45) is 0.711. The number of amides is 1. The second-order valence-electron chi connectivity index (χ2n) is 1.97. The van der Waals surface area contributed by atoms with Crippen molar-refractivity contribution in [2.24, 2.45) is 0 Å². The van der Waals surface area contributed by atoms with Crippen LogP contribution in [0.4, 0.5) is 0 Å². The Kier molecular flexibility index (Phi) is 4.05. The minimum Gasteiger partial charge on any atom is -0.351 e. The second-order valence-corrected chi connectivity index (χ2v) is 1.97. The molecule has 0 heterocycles. The summed E-state index contributed by atoms with van der Waals surface area (Å²) in [7, 11) is 0. The molecule has 0 fully saturated rings. The lowest BCUT2D eigenvalue weighted by Crippen LogP contribution is -2.34. The van der Waals surface area contributed by atoms with E-state index in [1.807, 2.05) is 6.92 Å². The Hall–Kier alpha value is -0.570. The number of hydrogen-bond acceptors (Lipinski definition) is 1. The van der Waals surface area contributed by atoms with Crippen molar-refractivity contribution in [3.63, 3.8) is 0 Å². The molecule has 3 nitrogen and oxygen atoms in total. The molecule has 1 atom stereocenters. The lowest BCUT2D eigenvalue weighted by Gasteiger charge is -2.09. The second kappa shape index (κ2) is 4.32. The third kappa shape index (κ3) is 3.97. The van der Waals surface area contributed by atoms with Gasteiger partial charge < -0.3 is 5.32 Å². The third-order valence-electron chi connectivity index (χ3n) is 1.10. The van der Waals surface area contributed by atoms with Crippen molar-refractivity contribution in [2.75, 3.05) is 6.61 Å². The molecule has 0 spiro atoms. The fourth-order valence-corrected chi connectivity index (χ4v) is 0.549. The molecule has 0 aliphatic rings. The Balaban J connectivity index is 3.43. The maximum atomic E-state index is 10.3. The number of carbonyl (C=O) groups is 1.